The fraction of sp³-hybridized carbons (Fsp3) is 0.545. The third-order valence-electron chi connectivity index (χ3n) is 2.21. The average Bonchev–Trinajstić information content (AvgIpc) is 2.26. The molecule has 1 aromatic rings. The number of anilines is 1. The van der Waals surface area contributed by atoms with Crippen LogP contribution in [-0.4, -0.2) is 44.2 Å². The van der Waals surface area contributed by atoms with Gasteiger partial charge in [-0.15, -0.1) is 0 Å². The number of methoxy groups -OCH3 is 1. The number of nitrogens with zero attached hydrogens (tertiary/aromatic N) is 2. The maximum atomic E-state index is 5.03. The van der Waals surface area contributed by atoms with Crippen molar-refractivity contribution in [1.82, 2.24) is 9.88 Å². The van der Waals surface area contributed by atoms with Crippen LogP contribution in [0.4, 0.5) is 5.82 Å². The molecule has 1 aromatic heterocycles. The van der Waals surface area contributed by atoms with E-state index in [9.17, 15) is 0 Å². The molecule has 0 aliphatic heterocycles. The fourth-order valence-corrected chi connectivity index (χ4v) is 1.35. The summed E-state index contributed by atoms with van der Waals surface area (Å²) < 4.78 is 5.03. The van der Waals surface area contributed by atoms with Crippen LogP contribution >= 0.6 is 0 Å². The zero-order chi connectivity index (χ0) is 11.1. The molecule has 0 aliphatic rings. The van der Waals surface area contributed by atoms with Gasteiger partial charge in [0.2, 0.25) is 0 Å². The Bertz CT molecular complexity index is 291. The molecule has 0 radical (unpaired) electrons. The van der Waals surface area contributed by atoms with E-state index in [-0.39, 0.29) is 0 Å². The van der Waals surface area contributed by atoms with E-state index in [2.05, 4.69) is 28.3 Å². The lowest BCUT2D eigenvalue weighted by Crippen LogP contribution is -2.22. The maximum absolute atomic E-state index is 5.03. The van der Waals surface area contributed by atoms with Gasteiger partial charge in [0, 0.05) is 33.4 Å². The van der Waals surface area contributed by atoms with Gasteiger partial charge in [0.1, 0.15) is 5.82 Å². The molecule has 4 nitrogen and oxygen atoms in total. The molecule has 84 valence electrons. The van der Waals surface area contributed by atoms with Crippen molar-refractivity contribution in [3.05, 3.63) is 23.9 Å². The van der Waals surface area contributed by atoms with E-state index in [4.69, 9.17) is 4.74 Å². The topological polar surface area (TPSA) is 37.4 Å². The van der Waals surface area contributed by atoms with Crippen molar-refractivity contribution in [2.45, 2.75) is 6.54 Å². The smallest absolute Gasteiger partial charge is 0.125 e. The Kier molecular flexibility index (Phi) is 5.07. The fourth-order valence-electron chi connectivity index (χ4n) is 1.35. The molecule has 4 heteroatoms. The summed E-state index contributed by atoms with van der Waals surface area (Å²) in [6.45, 7) is 2.62. The number of nitrogens with one attached hydrogen (secondary N) is 1. The van der Waals surface area contributed by atoms with Gasteiger partial charge in [-0.05, 0) is 24.7 Å². The normalized spacial score (nSPS) is 10.7. The van der Waals surface area contributed by atoms with Gasteiger partial charge < -0.3 is 10.1 Å². The van der Waals surface area contributed by atoms with E-state index >= 15 is 0 Å². The quantitative estimate of drug-likeness (QED) is 0.764. The number of hydrogen-bond acceptors (Lipinski definition) is 4. The molecule has 15 heavy (non-hydrogen) atoms. The van der Waals surface area contributed by atoms with Gasteiger partial charge in [-0.1, -0.05) is 0 Å². The molecule has 0 bridgehead atoms. The maximum Gasteiger partial charge on any atom is 0.125 e. The highest BCUT2D eigenvalue weighted by atomic mass is 16.5. The van der Waals surface area contributed by atoms with Gasteiger partial charge in [-0.3, -0.25) is 4.90 Å². The third-order valence-corrected chi connectivity index (χ3v) is 2.21. The lowest BCUT2D eigenvalue weighted by molar-refractivity contribution is 0.158. The molecule has 0 spiro atoms. The van der Waals surface area contributed by atoms with Crippen LogP contribution in [0.3, 0.4) is 0 Å². The van der Waals surface area contributed by atoms with Crippen LogP contribution in [0.5, 0.6) is 0 Å². The summed E-state index contributed by atoms with van der Waals surface area (Å²) in [7, 11) is 5.68. The lowest BCUT2D eigenvalue weighted by Gasteiger charge is -2.16. The number of aromatic nitrogens is 1. The van der Waals surface area contributed by atoms with E-state index in [1.165, 1.54) is 5.56 Å². The zero-order valence-electron chi connectivity index (χ0n) is 9.66. The number of likely N-dealkylation sites (N-methyl/N-ethyl adjacent to an activating group) is 1. The van der Waals surface area contributed by atoms with Crippen molar-refractivity contribution < 1.29 is 4.74 Å². The lowest BCUT2D eigenvalue weighted by atomic mass is 10.2. The second-order valence-electron chi connectivity index (χ2n) is 3.53. The molecule has 0 saturated carbocycles. The molecular weight excluding hydrogens is 190 g/mol. The van der Waals surface area contributed by atoms with E-state index < -0.39 is 0 Å². The zero-order valence-corrected chi connectivity index (χ0v) is 9.66. The van der Waals surface area contributed by atoms with Crippen molar-refractivity contribution in [2.75, 3.05) is 39.7 Å². The molecular formula is C11H19N3O. The van der Waals surface area contributed by atoms with Crippen LogP contribution in [-0.2, 0) is 11.3 Å². The van der Waals surface area contributed by atoms with E-state index in [1.807, 2.05) is 19.3 Å². The average molecular weight is 209 g/mol. The highest BCUT2D eigenvalue weighted by molar-refractivity contribution is 5.36. The second kappa shape index (κ2) is 6.37. The van der Waals surface area contributed by atoms with Crippen molar-refractivity contribution in [3.8, 4) is 0 Å². The number of rotatable bonds is 6. The van der Waals surface area contributed by atoms with Crippen LogP contribution in [0.1, 0.15) is 5.56 Å². The first-order valence-electron chi connectivity index (χ1n) is 5.06. The van der Waals surface area contributed by atoms with Gasteiger partial charge in [-0.25, -0.2) is 4.98 Å². The monoisotopic (exact) mass is 209 g/mol. The van der Waals surface area contributed by atoms with E-state index in [1.54, 1.807) is 7.11 Å². The minimum atomic E-state index is 0.764. The Morgan fingerprint density at radius 2 is 2.33 bits per heavy atom. The van der Waals surface area contributed by atoms with Crippen LogP contribution in [0.2, 0.25) is 0 Å². The van der Waals surface area contributed by atoms with Crippen LogP contribution in [0, 0.1) is 0 Å². The Labute approximate surface area is 91.3 Å². The highest BCUT2D eigenvalue weighted by Crippen LogP contribution is 2.07. The standard InChI is InChI=1S/C11H19N3O/c1-12-11-8-10(4-5-13-11)9-14(2)6-7-15-3/h4-5,8H,6-7,9H2,1-3H3,(H,12,13). The molecule has 0 fully saturated rings. The molecule has 0 aromatic carbocycles. The van der Waals surface area contributed by atoms with Crippen molar-refractivity contribution in [3.63, 3.8) is 0 Å². The summed E-state index contributed by atoms with van der Waals surface area (Å²) in [5.74, 6) is 0.910. The summed E-state index contributed by atoms with van der Waals surface area (Å²) >= 11 is 0. The molecule has 1 heterocycles. The number of ether oxygens (including phenoxy) is 1. The van der Waals surface area contributed by atoms with Gasteiger partial charge in [0.15, 0.2) is 0 Å². The minimum absolute atomic E-state index is 0.764. The van der Waals surface area contributed by atoms with E-state index in [0.29, 0.717) is 0 Å². The summed E-state index contributed by atoms with van der Waals surface area (Å²) in [6.07, 6.45) is 1.82. The first-order valence-corrected chi connectivity index (χ1v) is 5.06. The van der Waals surface area contributed by atoms with Crippen LogP contribution in [0.25, 0.3) is 0 Å². The van der Waals surface area contributed by atoms with E-state index in [0.717, 1.165) is 25.5 Å². The molecule has 1 N–H and O–H groups in total. The molecule has 0 atom stereocenters. The Morgan fingerprint density at radius 3 is 3.00 bits per heavy atom. The van der Waals surface area contributed by atoms with Crippen LogP contribution in [0.15, 0.2) is 18.3 Å². The van der Waals surface area contributed by atoms with Gasteiger partial charge in [0.05, 0.1) is 6.61 Å². The van der Waals surface area contributed by atoms with Crippen molar-refractivity contribution in [1.29, 1.82) is 0 Å². The van der Waals surface area contributed by atoms with Gasteiger partial charge in [0.25, 0.3) is 0 Å². The predicted octanol–water partition coefficient (Wildman–Crippen LogP) is 1.20. The molecule has 0 saturated heterocycles. The van der Waals surface area contributed by atoms with Crippen LogP contribution < -0.4 is 5.32 Å². The first kappa shape index (κ1) is 11.9. The summed E-state index contributed by atoms with van der Waals surface area (Å²) in [5.41, 5.74) is 1.26. The number of hydrogen-bond donors (Lipinski definition) is 1. The summed E-state index contributed by atoms with van der Waals surface area (Å²) in [4.78, 5) is 6.39. The third kappa shape index (κ3) is 4.27. The first-order chi connectivity index (χ1) is 7.26. The SMILES string of the molecule is CNc1cc(CN(C)CCOC)ccn1. The second-order valence-corrected chi connectivity index (χ2v) is 3.53. The molecule has 1 rings (SSSR count). The highest BCUT2D eigenvalue weighted by Gasteiger charge is 2.00. The summed E-state index contributed by atoms with van der Waals surface area (Å²) in [5, 5.41) is 3.03. The molecule has 0 unspecified atom stereocenters. The van der Waals surface area contributed by atoms with Gasteiger partial charge in [-0.2, -0.15) is 0 Å². The van der Waals surface area contributed by atoms with Gasteiger partial charge >= 0.3 is 0 Å². The predicted molar refractivity (Wildman–Crippen MR) is 62.0 cm³/mol. The Hall–Kier alpha value is -1.13. The van der Waals surface area contributed by atoms with Crippen molar-refractivity contribution in [2.24, 2.45) is 0 Å². The number of pyridine rings is 1. The minimum Gasteiger partial charge on any atom is -0.383 e. The molecule has 0 aliphatic carbocycles. The largest absolute Gasteiger partial charge is 0.383 e. The Morgan fingerprint density at radius 1 is 1.53 bits per heavy atom. The molecule has 0 amide bonds. The summed E-state index contributed by atoms with van der Waals surface area (Å²) in [6, 6.07) is 4.09. The van der Waals surface area contributed by atoms with Crippen molar-refractivity contribution >= 4 is 5.82 Å². The Balaban J connectivity index is 2.48.